The lowest BCUT2D eigenvalue weighted by molar-refractivity contribution is 1.44. The topological polar surface area (TPSA) is 12.9 Å². The molecule has 0 saturated carbocycles. The van der Waals surface area contributed by atoms with Crippen LogP contribution >= 0.6 is 15.9 Å². The molecule has 78 valence electrons. The molecule has 3 aromatic rings. The molecule has 0 N–H and O–H groups in total. The highest BCUT2D eigenvalue weighted by Gasteiger charge is 2.05. The molecule has 1 heterocycles. The smallest absolute Gasteiger partial charge is 0.0723 e. The highest BCUT2D eigenvalue weighted by Crippen LogP contribution is 2.30. The van der Waals surface area contributed by atoms with Crippen LogP contribution < -0.4 is 0 Å². The van der Waals surface area contributed by atoms with Gasteiger partial charge < -0.3 is 0 Å². The predicted molar refractivity (Wildman–Crippen MR) is 71.7 cm³/mol. The van der Waals surface area contributed by atoms with Gasteiger partial charge in [0.05, 0.1) is 11.0 Å². The number of aromatic nitrogens is 1. The molecule has 0 bridgehead atoms. The van der Waals surface area contributed by atoms with Gasteiger partial charge in [-0.15, -0.1) is 0 Å². The summed E-state index contributed by atoms with van der Waals surface area (Å²) in [5.74, 6) is 0. The van der Waals surface area contributed by atoms with E-state index in [4.69, 9.17) is 0 Å². The molecule has 2 aromatic carbocycles. The first-order valence-electron chi connectivity index (χ1n) is 5.20. The fourth-order valence-electron chi connectivity index (χ4n) is 1.95. The molecule has 0 atom stereocenters. The van der Waals surface area contributed by atoms with Crippen molar-refractivity contribution in [2.45, 2.75) is 6.92 Å². The Labute approximate surface area is 102 Å². The van der Waals surface area contributed by atoms with Gasteiger partial charge in [-0.3, -0.25) is 0 Å². The number of halogens is 1. The van der Waals surface area contributed by atoms with Crippen molar-refractivity contribution < 1.29 is 0 Å². The van der Waals surface area contributed by atoms with Crippen molar-refractivity contribution >= 4 is 37.7 Å². The number of aryl methyl sites for hydroxylation is 1. The summed E-state index contributed by atoms with van der Waals surface area (Å²) < 4.78 is 1.13. The third-order valence-corrected chi connectivity index (χ3v) is 3.63. The van der Waals surface area contributed by atoms with Crippen LogP contribution in [0.5, 0.6) is 0 Å². The first kappa shape index (κ1) is 9.79. The number of para-hydroxylation sites is 1. The third kappa shape index (κ3) is 1.41. The summed E-state index contributed by atoms with van der Waals surface area (Å²) in [5.41, 5.74) is 3.32. The summed E-state index contributed by atoms with van der Waals surface area (Å²) >= 11 is 3.67. The normalized spacial score (nSPS) is 11.1. The van der Waals surface area contributed by atoms with E-state index in [0.717, 1.165) is 15.5 Å². The molecule has 0 radical (unpaired) electrons. The van der Waals surface area contributed by atoms with Gasteiger partial charge in [-0.05, 0) is 40.5 Å². The molecule has 2 heteroatoms. The molecule has 0 aliphatic heterocycles. The van der Waals surface area contributed by atoms with E-state index < -0.39 is 0 Å². The third-order valence-electron chi connectivity index (χ3n) is 2.77. The minimum absolute atomic E-state index is 1.03. The van der Waals surface area contributed by atoms with Crippen LogP contribution in [-0.2, 0) is 0 Å². The average molecular weight is 272 g/mol. The van der Waals surface area contributed by atoms with Crippen molar-refractivity contribution in [3.63, 3.8) is 0 Å². The summed E-state index contributed by atoms with van der Waals surface area (Å²) in [5, 5.41) is 2.34. The molecule has 3 rings (SSSR count). The van der Waals surface area contributed by atoms with Crippen molar-refractivity contribution in [3.8, 4) is 0 Å². The van der Waals surface area contributed by atoms with Crippen LogP contribution in [0.2, 0.25) is 0 Å². The lowest BCUT2D eigenvalue weighted by atomic mass is 10.1. The summed E-state index contributed by atoms with van der Waals surface area (Å²) in [6, 6.07) is 14.5. The van der Waals surface area contributed by atoms with Crippen LogP contribution in [0.4, 0.5) is 0 Å². The molecular weight excluding hydrogens is 262 g/mol. The van der Waals surface area contributed by atoms with Crippen molar-refractivity contribution in [3.05, 3.63) is 52.5 Å². The van der Waals surface area contributed by atoms with E-state index in [0.29, 0.717) is 0 Å². The Morgan fingerprint density at radius 3 is 2.56 bits per heavy atom. The molecule has 0 aliphatic rings. The second-order valence-corrected chi connectivity index (χ2v) is 4.76. The maximum absolute atomic E-state index is 4.67. The van der Waals surface area contributed by atoms with Gasteiger partial charge in [-0.25, -0.2) is 4.98 Å². The predicted octanol–water partition coefficient (Wildman–Crippen LogP) is 4.46. The lowest BCUT2D eigenvalue weighted by Gasteiger charge is -2.05. The van der Waals surface area contributed by atoms with Crippen LogP contribution in [0.25, 0.3) is 21.8 Å². The van der Waals surface area contributed by atoms with Crippen molar-refractivity contribution in [2.75, 3.05) is 0 Å². The molecule has 1 nitrogen and oxygen atoms in total. The Balaban J connectivity index is 2.55. The standard InChI is InChI=1S/C14H10BrN/c1-9-6-7-11-13(8-9)16-12-5-3-2-4-10(12)14(11)15/h2-8H,1H3. The minimum Gasteiger partial charge on any atom is -0.248 e. The lowest BCUT2D eigenvalue weighted by Crippen LogP contribution is -1.85. The fourth-order valence-corrected chi connectivity index (χ4v) is 2.62. The maximum atomic E-state index is 4.67. The van der Waals surface area contributed by atoms with E-state index in [1.54, 1.807) is 0 Å². The first-order valence-corrected chi connectivity index (χ1v) is 5.99. The van der Waals surface area contributed by atoms with E-state index in [9.17, 15) is 0 Å². The second-order valence-electron chi connectivity index (χ2n) is 3.96. The first-order chi connectivity index (χ1) is 7.75. The number of nitrogens with zero attached hydrogens (tertiary/aromatic N) is 1. The number of pyridine rings is 1. The van der Waals surface area contributed by atoms with Gasteiger partial charge in [0.15, 0.2) is 0 Å². The number of hydrogen-bond donors (Lipinski definition) is 0. The summed E-state index contributed by atoms with van der Waals surface area (Å²) in [6.07, 6.45) is 0. The van der Waals surface area contributed by atoms with E-state index in [1.165, 1.54) is 16.3 Å². The molecule has 1 aromatic heterocycles. The number of benzene rings is 2. The number of rotatable bonds is 0. The van der Waals surface area contributed by atoms with Gasteiger partial charge in [-0.1, -0.05) is 30.3 Å². The Bertz CT molecular complexity index is 689. The summed E-state index contributed by atoms with van der Waals surface area (Å²) in [4.78, 5) is 4.67. The molecule has 0 spiro atoms. The zero-order valence-electron chi connectivity index (χ0n) is 8.87. The van der Waals surface area contributed by atoms with Gasteiger partial charge in [0.1, 0.15) is 0 Å². The quantitative estimate of drug-likeness (QED) is 0.550. The van der Waals surface area contributed by atoms with Crippen molar-refractivity contribution in [1.29, 1.82) is 0 Å². The Morgan fingerprint density at radius 1 is 0.938 bits per heavy atom. The van der Waals surface area contributed by atoms with E-state index in [2.05, 4.69) is 52.1 Å². The molecule has 0 saturated heterocycles. The van der Waals surface area contributed by atoms with Crippen LogP contribution in [0, 0.1) is 6.92 Å². The molecular formula is C14H10BrN. The van der Waals surface area contributed by atoms with E-state index in [1.807, 2.05) is 18.2 Å². The van der Waals surface area contributed by atoms with Gasteiger partial charge >= 0.3 is 0 Å². The van der Waals surface area contributed by atoms with Crippen molar-refractivity contribution in [2.24, 2.45) is 0 Å². The zero-order valence-corrected chi connectivity index (χ0v) is 10.5. The minimum atomic E-state index is 1.03. The Morgan fingerprint density at radius 2 is 1.69 bits per heavy atom. The maximum Gasteiger partial charge on any atom is 0.0723 e. The molecule has 0 unspecified atom stereocenters. The highest BCUT2D eigenvalue weighted by atomic mass is 79.9. The highest BCUT2D eigenvalue weighted by molar-refractivity contribution is 9.10. The van der Waals surface area contributed by atoms with Crippen molar-refractivity contribution in [1.82, 2.24) is 4.98 Å². The van der Waals surface area contributed by atoms with E-state index >= 15 is 0 Å². The summed E-state index contributed by atoms with van der Waals surface area (Å²) in [6.45, 7) is 2.09. The molecule has 16 heavy (non-hydrogen) atoms. The molecule has 0 amide bonds. The molecule has 0 aliphatic carbocycles. The van der Waals surface area contributed by atoms with Crippen LogP contribution in [-0.4, -0.2) is 4.98 Å². The molecule has 0 fully saturated rings. The second kappa shape index (κ2) is 3.56. The van der Waals surface area contributed by atoms with Crippen LogP contribution in [0.3, 0.4) is 0 Å². The zero-order chi connectivity index (χ0) is 11.1. The van der Waals surface area contributed by atoms with Crippen LogP contribution in [0.1, 0.15) is 5.56 Å². The number of hydrogen-bond acceptors (Lipinski definition) is 1. The number of fused-ring (bicyclic) bond motifs is 2. The summed E-state index contributed by atoms with van der Waals surface area (Å²) in [7, 11) is 0. The van der Waals surface area contributed by atoms with E-state index in [-0.39, 0.29) is 0 Å². The average Bonchev–Trinajstić information content (AvgIpc) is 2.29. The Kier molecular flexibility index (Phi) is 2.18. The Hall–Kier alpha value is -1.41. The van der Waals surface area contributed by atoms with Gasteiger partial charge in [0.25, 0.3) is 0 Å². The SMILES string of the molecule is Cc1ccc2c(Br)c3ccccc3nc2c1. The largest absolute Gasteiger partial charge is 0.248 e. The van der Waals surface area contributed by atoms with Gasteiger partial charge in [-0.2, -0.15) is 0 Å². The van der Waals surface area contributed by atoms with Gasteiger partial charge in [0.2, 0.25) is 0 Å². The fraction of sp³-hybridized carbons (Fsp3) is 0.0714. The monoisotopic (exact) mass is 271 g/mol. The van der Waals surface area contributed by atoms with Crippen LogP contribution in [0.15, 0.2) is 46.9 Å². The van der Waals surface area contributed by atoms with Gasteiger partial charge in [0, 0.05) is 15.2 Å².